The molecule has 0 atom stereocenters. The maximum absolute atomic E-state index is 6.59. The van der Waals surface area contributed by atoms with E-state index in [4.69, 9.17) is 9.47 Å². The molecule has 0 saturated heterocycles. The first-order valence-electron chi connectivity index (χ1n) is 17.6. The lowest BCUT2D eigenvalue weighted by molar-refractivity contribution is 0.132. The second-order valence-electron chi connectivity index (χ2n) is 13.4. The Kier molecular flexibility index (Phi) is 6.71. The Balaban J connectivity index is 1.29. The van der Waals surface area contributed by atoms with E-state index in [0.717, 1.165) is 85.2 Å². The van der Waals surface area contributed by atoms with Crippen molar-refractivity contribution in [3.05, 3.63) is 191 Å². The van der Waals surface area contributed by atoms with Crippen molar-refractivity contribution in [1.82, 2.24) is 21.3 Å². The summed E-state index contributed by atoms with van der Waals surface area (Å²) in [6.07, 6.45) is 0.784. The van der Waals surface area contributed by atoms with Gasteiger partial charge in [-0.3, -0.25) is 0 Å². The van der Waals surface area contributed by atoms with Gasteiger partial charge >= 0.3 is 0 Å². The van der Waals surface area contributed by atoms with E-state index in [0.29, 0.717) is 13.2 Å². The smallest absolute Gasteiger partial charge is 0.183 e. The summed E-state index contributed by atoms with van der Waals surface area (Å²) in [5, 5.41) is 16.8. The van der Waals surface area contributed by atoms with Crippen LogP contribution in [0, 0.1) is 0 Å². The molecule has 0 bridgehead atoms. The van der Waals surface area contributed by atoms with Crippen molar-refractivity contribution in [3.8, 4) is 22.6 Å². The summed E-state index contributed by atoms with van der Waals surface area (Å²) in [6, 6.07) is 55.2. The number of nitrogens with one attached hydrogen (secondary N) is 4. The molecule has 2 spiro atoms. The second kappa shape index (κ2) is 11.6. The number of fused-ring (bicyclic) bond motifs is 3. The van der Waals surface area contributed by atoms with Crippen LogP contribution in [-0.4, -0.2) is 13.2 Å². The second-order valence-corrected chi connectivity index (χ2v) is 13.4. The molecule has 6 heteroatoms. The normalized spacial score (nSPS) is 17.5. The van der Waals surface area contributed by atoms with E-state index in [1.165, 1.54) is 0 Å². The van der Waals surface area contributed by atoms with Crippen LogP contribution in [0.3, 0.4) is 0 Å². The van der Waals surface area contributed by atoms with Gasteiger partial charge in [-0.2, -0.15) is 0 Å². The average molecular weight is 665 g/mol. The van der Waals surface area contributed by atoms with Crippen LogP contribution in [0.25, 0.3) is 33.9 Å². The Morgan fingerprint density at radius 2 is 0.667 bits per heavy atom. The minimum Gasteiger partial charge on any atom is -0.493 e. The Hall–Kier alpha value is -6.40. The van der Waals surface area contributed by atoms with Gasteiger partial charge in [0.25, 0.3) is 0 Å². The molecule has 6 aromatic rings. The maximum Gasteiger partial charge on any atom is 0.183 e. The lowest BCUT2D eigenvalue weighted by Gasteiger charge is -2.53. The molecule has 0 fully saturated rings. The third-order valence-electron chi connectivity index (χ3n) is 10.5. The highest BCUT2D eigenvalue weighted by molar-refractivity contribution is 5.99. The Morgan fingerprint density at radius 3 is 0.980 bits per heavy atom. The van der Waals surface area contributed by atoms with Crippen molar-refractivity contribution in [2.24, 2.45) is 0 Å². The molecule has 0 saturated carbocycles. The van der Waals surface area contributed by atoms with Gasteiger partial charge in [0, 0.05) is 28.7 Å². The molecule has 4 aliphatic rings. The van der Waals surface area contributed by atoms with Gasteiger partial charge in [-0.1, -0.05) is 146 Å². The number of rotatable bonds is 4. The average Bonchev–Trinajstić information content (AvgIpc) is 3.83. The highest BCUT2D eigenvalue weighted by atomic mass is 16.5. The highest BCUT2D eigenvalue weighted by Gasteiger charge is 2.65. The Labute approximate surface area is 297 Å². The summed E-state index contributed by atoms with van der Waals surface area (Å²) in [5.41, 5.74) is 10.6. The molecule has 6 nitrogen and oxygen atoms in total. The minimum absolute atomic E-state index is 0.565. The quantitative estimate of drug-likeness (QED) is 0.152. The molecule has 3 heterocycles. The fourth-order valence-electron chi connectivity index (χ4n) is 8.26. The third-order valence-corrected chi connectivity index (χ3v) is 10.5. The zero-order chi connectivity index (χ0) is 33.8. The third kappa shape index (κ3) is 4.42. The van der Waals surface area contributed by atoms with Crippen LogP contribution in [0.2, 0.25) is 0 Å². The van der Waals surface area contributed by atoms with Gasteiger partial charge in [-0.25, -0.2) is 0 Å². The fourth-order valence-corrected chi connectivity index (χ4v) is 8.26. The van der Waals surface area contributed by atoms with Crippen molar-refractivity contribution in [1.29, 1.82) is 0 Å². The monoisotopic (exact) mass is 664 g/mol. The first-order valence-corrected chi connectivity index (χ1v) is 17.6. The Morgan fingerprint density at radius 1 is 0.353 bits per heavy atom. The van der Waals surface area contributed by atoms with Crippen LogP contribution in [0.15, 0.2) is 158 Å². The molecule has 1 aliphatic carbocycles. The van der Waals surface area contributed by atoms with E-state index in [2.05, 4.69) is 179 Å². The summed E-state index contributed by atoms with van der Waals surface area (Å²) < 4.78 is 13.2. The first kappa shape index (κ1) is 29.5. The summed E-state index contributed by atoms with van der Waals surface area (Å²) in [4.78, 5) is 0. The molecule has 0 amide bonds. The standard InChI is InChI=1S/C45H36N4O2/c1-5-16-30(17-6-1)40-41(31-18-7-2-8-19-31)47-44(46-40)34-24-13-26-36-38(34)39-35(25-14-27-37(39)51-29-15-28-50-36)45(44)48-42(32-20-9-3-10-21-32)43(49-45)33-22-11-4-12-23-33/h1-14,16-27,46-49H,15,28-29H2. The number of hydrogen-bond donors (Lipinski definition) is 4. The summed E-state index contributed by atoms with van der Waals surface area (Å²) in [6.45, 7) is 1.13. The highest BCUT2D eigenvalue weighted by Crippen LogP contribution is 2.60. The van der Waals surface area contributed by atoms with Gasteiger partial charge in [0.1, 0.15) is 11.5 Å². The zero-order valence-electron chi connectivity index (χ0n) is 27.9. The molecule has 248 valence electrons. The molecule has 3 aliphatic heterocycles. The van der Waals surface area contributed by atoms with E-state index in [1.54, 1.807) is 0 Å². The van der Waals surface area contributed by atoms with Gasteiger partial charge in [0.15, 0.2) is 11.3 Å². The van der Waals surface area contributed by atoms with E-state index < -0.39 is 11.3 Å². The maximum atomic E-state index is 6.59. The Bertz CT molecular complexity index is 2070. The van der Waals surface area contributed by atoms with Crippen LogP contribution >= 0.6 is 0 Å². The van der Waals surface area contributed by atoms with E-state index in [1.807, 2.05) is 0 Å². The molecule has 0 radical (unpaired) electrons. The van der Waals surface area contributed by atoms with Crippen LogP contribution in [0.4, 0.5) is 0 Å². The summed E-state index contributed by atoms with van der Waals surface area (Å²) >= 11 is 0. The van der Waals surface area contributed by atoms with Gasteiger partial charge in [0.05, 0.1) is 36.0 Å². The fraction of sp³-hybridized carbons (Fsp3) is 0.111. The van der Waals surface area contributed by atoms with E-state index in [-0.39, 0.29) is 0 Å². The van der Waals surface area contributed by atoms with Crippen molar-refractivity contribution in [2.75, 3.05) is 13.2 Å². The molecular weight excluding hydrogens is 629 g/mol. The zero-order valence-corrected chi connectivity index (χ0v) is 27.9. The summed E-state index contributed by atoms with van der Waals surface area (Å²) in [7, 11) is 0. The predicted molar refractivity (Wildman–Crippen MR) is 203 cm³/mol. The lowest BCUT2D eigenvalue weighted by atomic mass is 9.69. The van der Waals surface area contributed by atoms with Crippen LogP contribution in [0.5, 0.6) is 11.5 Å². The van der Waals surface area contributed by atoms with Gasteiger partial charge in [-0.15, -0.1) is 0 Å². The van der Waals surface area contributed by atoms with Crippen molar-refractivity contribution in [2.45, 2.75) is 17.7 Å². The topological polar surface area (TPSA) is 66.6 Å². The molecule has 0 aromatic heterocycles. The van der Waals surface area contributed by atoms with Crippen molar-refractivity contribution in [3.63, 3.8) is 0 Å². The van der Waals surface area contributed by atoms with Crippen molar-refractivity contribution < 1.29 is 9.47 Å². The first-order chi connectivity index (χ1) is 25.3. The van der Waals surface area contributed by atoms with Crippen molar-refractivity contribution >= 4 is 22.8 Å². The lowest BCUT2D eigenvalue weighted by Crippen LogP contribution is -2.72. The molecular formula is C45H36N4O2. The molecule has 10 rings (SSSR count). The van der Waals surface area contributed by atoms with Crippen LogP contribution in [0.1, 0.15) is 39.8 Å². The van der Waals surface area contributed by atoms with Gasteiger partial charge in [0.2, 0.25) is 0 Å². The SMILES string of the molecule is c1ccc(C2=C(c3ccccc3)NC3(N2)c2cccc4c2-c2c(cccc2C32NC(c3ccccc3)=C(c3ccccc3)N2)OCCCO4)cc1. The molecule has 51 heavy (non-hydrogen) atoms. The predicted octanol–water partition coefficient (Wildman–Crippen LogP) is 8.27. The molecule has 6 aromatic carbocycles. The van der Waals surface area contributed by atoms with Gasteiger partial charge in [-0.05, 0) is 34.4 Å². The minimum atomic E-state index is -0.978. The van der Waals surface area contributed by atoms with Gasteiger partial charge < -0.3 is 30.7 Å². The van der Waals surface area contributed by atoms with Crippen LogP contribution < -0.4 is 30.7 Å². The number of hydrogen-bond acceptors (Lipinski definition) is 6. The summed E-state index contributed by atoms with van der Waals surface area (Å²) in [5.74, 6) is 1.69. The van der Waals surface area contributed by atoms with E-state index in [9.17, 15) is 0 Å². The number of benzene rings is 6. The number of ether oxygens (including phenoxy) is 2. The van der Waals surface area contributed by atoms with E-state index >= 15 is 0 Å². The van der Waals surface area contributed by atoms with Crippen LogP contribution in [-0.2, 0) is 11.3 Å². The molecule has 0 unspecified atom stereocenters. The molecule has 4 N–H and O–H groups in total. The largest absolute Gasteiger partial charge is 0.493 e.